The van der Waals surface area contributed by atoms with Crippen LogP contribution in [0.5, 0.6) is 0 Å². The van der Waals surface area contributed by atoms with E-state index < -0.39 is 11.5 Å². The maximum absolute atomic E-state index is 12.5. The number of amides is 1. The van der Waals surface area contributed by atoms with Crippen LogP contribution in [0.3, 0.4) is 0 Å². The number of aromatic nitrogens is 4. The smallest absolute Gasteiger partial charge is 0.275 e. The molecule has 0 bridgehead atoms. The SMILES string of the molecule is O=C(Nc1ccnn1-c1ncccn1)C(F)Cl. The number of rotatable bonds is 3. The zero-order valence-electron chi connectivity index (χ0n) is 8.42. The van der Waals surface area contributed by atoms with E-state index >= 15 is 0 Å². The lowest BCUT2D eigenvalue weighted by Crippen LogP contribution is -2.21. The Kier molecular flexibility index (Phi) is 3.29. The van der Waals surface area contributed by atoms with Gasteiger partial charge in [0, 0.05) is 18.5 Å². The second kappa shape index (κ2) is 4.88. The van der Waals surface area contributed by atoms with Gasteiger partial charge in [0.25, 0.3) is 17.5 Å². The number of nitrogens with zero attached hydrogens (tertiary/aromatic N) is 4. The minimum absolute atomic E-state index is 0.240. The number of carbonyl (C=O) groups excluding carboxylic acids is 1. The van der Waals surface area contributed by atoms with E-state index in [0.717, 1.165) is 0 Å². The Bertz CT molecular complexity index is 515. The number of anilines is 1. The fourth-order valence-corrected chi connectivity index (χ4v) is 1.19. The normalized spacial score (nSPS) is 12.1. The molecule has 17 heavy (non-hydrogen) atoms. The van der Waals surface area contributed by atoms with Gasteiger partial charge in [-0.25, -0.2) is 14.4 Å². The van der Waals surface area contributed by atoms with Gasteiger partial charge in [-0.1, -0.05) is 11.6 Å². The molecule has 0 fully saturated rings. The molecule has 6 nitrogen and oxygen atoms in total. The largest absolute Gasteiger partial charge is 0.307 e. The van der Waals surface area contributed by atoms with E-state index in [0.29, 0.717) is 0 Å². The molecule has 2 aromatic rings. The molecule has 1 N–H and O–H groups in total. The van der Waals surface area contributed by atoms with Crippen LogP contribution < -0.4 is 5.32 Å². The third kappa shape index (κ3) is 2.56. The second-order valence-electron chi connectivity index (χ2n) is 2.97. The van der Waals surface area contributed by atoms with Crippen molar-refractivity contribution in [1.82, 2.24) is 19.7 Å². The van der Waals surface area contributed by atoms with E-state index in [2.05, 4.69) is 20.4 Å². The maximum atomic E-state index is 12.5. The molecular formula is C9H7ClFN5O. The van der Waals surface area contributed by atoms with Crippen LogP contribution >= 0.6 is 11.6 Å². The molecule has 0 aliphatic rings. The van der Waals surface area contributed by atoms with Gasteiger partial charge < -0.3 is 5.32 Å². The first kappa shape index (κ1) is 11.5. The van der Waals surface area contributed by atoms with Gasteiger partial charge in [0.1, 0.15) is 5.82 Å². The highest BCUT2D eigenvalue weighted by molar-refractivity contribution is 6.31. The number of nitrogens with one attached hydrogen (secondary N) is 1. The Morgan fingerprint density at radius 2 is 2.12 bits per heavy atom. The van der Waals surface area contributed by atoms with Crippen molar-refractivity contribution in [3.63, 3.8) is 0 Å². The van der Waals surface area contributed by atoms with Gasteiger partial charge in [-0.15, -0.1) is 0 Å². The average Bonchev–Trinajstić information content (AvgIpc) is 2.78. The minimum atomic E-state index is -2.12. The Morgan fingerprint density at radius 1 is 1.41 bits per heavy atom. The van der Waals surface area contributed by atoms with Crippen molar-refractivity contribution in [2.45, 2.75) is 5.63 Å². The summed E-state index contributed by atoms with van der Waals surface area (Å²) in [6, 6.07) is 3.12. The van der Waals surface area contributed by atoms with E-state index in [4.69, 9.17) is 11.6 Å². The number of halogens is 2. The Balaban J connectivity index is 2.27. The molecule has 8 heteroatoms. The van der Waals surface area contributed by atoms with Gasteiger partial charge in [-0.05, 0) is 6.07 Å². The molecule has 0 radical (unpaired) electrons. The van der Waals surface area contributed by atoms with Crippen LogP contribution in [0.15, 0.2) is 30.7 Å². The molecule has 2 heterocycles. The van der Waals surface area contributed by atoms with Crippen molar-refractivity contribution >= 4 is 23.3 Å². The van der Waals surface area contributed by atoms with Crippen LogP contribution in [0, 0.1) is 0 Å². The van der Waals surface area contributed by atoms with E-state index in [9.17, 15) is 9.18 Å². The number of hydrogen-bond acceptors (Lipinski definition) is 4. The minimum Gasteiger partial charge on any atom is -0.307 e. The molecule has 1 unspecified atom stereocenters. The van der Waals surface area contributed by atoms with Gasteiger partial charge >= 0.3 is 0 Å². The molecule has 0 saturated carbocycles. The monoisotopic (exact) mass is 255 g/mol. The first-order valence-corrected chi connectivity index (χ1v) is 5.02. The van der Waals surface area contributed by atoms with Gasteiger partial charge in [0.15, 0.2) is 0 Å². The summed E-state index contributed by atoms with van der Waals surface area (Å²) in [6.45, 7) is 0. The third-order valence-corrected chi connectivity index (χ3v) is 2.03. The zero-order chi connectivity index (χ0) is 12.3. The van der Waals surface area contributed by atoms with Crippen molar-refractivity contribution in [3.05, 3.63) is 30.7 Å². The van der Waals surface area contributed by atoms with Crippen LogP contribution in [0.25, 0.3) is 5.95 Å². The lowest BCUT2D eigenvalue weighted by molar-refractivity contribution is -0.118. The van der Waals surface area contributed by atoms with Gasteiger partial charge in [0.05, 0.1) is 6.20 Å². The number of alkyl halides is 2. The van der Waals surface area contributed by atoms with Crippen molar-refractivity contribution in [1.29, 1.82) is 0 Å². The van der Waals surface area contributed by atoms with Crippen LogP contribution in [0.4, 0.5) is 10.2 Å². The third-order valence-electron chi connectivity index (χ3n) is 1.83. The van der Waals surface area contributed by atoms with Crippen LogP contribution in [0.2, 0.25) is 0 Å². The summed E-state index contributed by atoms with van der Waals surface area (Å²) in [5, 5.41) is 6.17. The molecule has 1 atom stereocenters. The lowest BCUT2D eigenvalue weighted by atomic mass is 10.5. The van der Waals surface area contributed by atoms with Gasteiger partial charge in [-0.3, -0.25) is 4.79 Å². The highest BCUT2D eigenvalue weighted by atomic mass is 35.5. The highest BCUT2D eigenvalue weighted by Crippen LogP contribution is 2.12. The summed E-state index contributed by atoms with van der Waals surface area (Å²) in [5.41, 5.74) is -2.12. The van der Waals surface area contributed by atoms with Gasteiger partial charge in [0.2, 0.25) is 0 Å². The molecule has 0 aliphatic carbocycles. The van der Waals surface area contributed by atoms with E-state index in [1.807, 2.05) is 0 Å². The lowest BCUT2D eigenvalue weighted by Gasteiger charge is -2.06. The predicted molar refractivity (Wildman–Crippen MR) is 58.5 cm³/mol. The molecule has 88 valence electrons. The summed E-state index contributed by atoms with van der Waals surface area (Å²) in [5.74, 6) is -0.466. The van der Waals surface area contributed by atoms with Crippen LogP contribution in [-0.4, -0.2) is 31.3 Å². The summed E-state index contributed by atoms with van der Waals surface area (Å²) in [4.78, 5) is 19.0. The highest BCUT2D eigenvalue weighted by Gasteiger charge is 2.16. The van der Waals surface area contributed by atoms with Crippen molar-refractivity contribution in [2.75, 3.05) is 5.32 Å². The predicted octanol–water partition coefficient (Wildman–Crippen LogP) is 1.14. The van der Waals surface area contributed by atoms with Gasteiger partial charge in [-0.2, -0.15) is 9.78 Å². The first-order chi connectivity index (χ1) is 8.18. The van der Waals surface area contributed by atoms with Crippen LogP contribution in [-0.2, 0) is 4.79 Å². The van der Waals surface area contributed by atoms with E-state index in [1.165, 1.54) is 29.3 Å². The first-order valence-electron chi connectivity index (χ1n) is 4.59. The van der Waals surface area contributed by atoms with E-state index in [-0.39, 0.29) is 11.8 Å². The van der Waals surface area contributed by atoms with Crippen molar-refractivity contribution < 1.29 is 9.18 Å². The number of carbonyl (C=O) groups is 1. The topological polar surface area (TPSA) is 72.7 Å². The fraction of sp³-hybridized carbons (Fsp3) is 0.111. The standard InChI is InChI=1S/C9H7ClFN5O/c10-7(11)8(17)15-6-2-5-14-16(6)9-12-3-1-4-13-9/h1-5,7H,(H,15,17). The Hall–Kier alpha value is -2.02. The summed E-state index contributed by atoms with van der Waals surface area (Å²) in [7, 11) is 0. The summed E-state index contributed by atoms with van der Waals surface area (Å²) >= 11 is 5.00. The summed E-state index contributed by atoms with van der Waals surface area (Å²) in [6.07, 6.45) is 4.47. The Morgan fingerprint density at radius 3 is 2.76 bits per heavy atom. The Labute approximate surface area is 100 Å². The van der Waals surface area contributed by atoms with Crippen molar-refractivity contribution in [2.24, 2.45) is 0 Å². The molecule has 1 amide bonds. The zero-order valence-corrected chi connectivity index (χ0v) is 9.17. The molecule has 2 rings (SSSR count). The summed E-state index contributed by atoms with van der Waals surface area (Å²) < 4.78 is 13.8. The van der Waals surface area contributed by atoms with E-state index in [1.54, 1.807) is 6.07 Å². The molecule has 0 saturated heterocycles. The molecular weight excluding hydrogens is 249 g/mol. The quantitative estimate of drug-likeness (QED) is 0.835. The second-order valence-corrected chi connectivity index (χ2v) is 3.35. The molecule has 2 aromatic heterocycles. The van der Waals surface area contributed by atoms with Crippen LogP contribution in [0.1, 0.15) is 0 Å². The van der Waals surface area contributed by atoms with Crippen molar-refractivity contribution in [3.8, 4) is 5.95 Å². The molecule has 0 spiro atoms. The maximum Gasteiger partial charge on any atom is 0.275 e. The molecule has 0 aromatic carbocycles. The fourth-order valence-electron chi connectivity index (χ4n) is 1.14. The molecule has 0 aliphatic heterocycles. The average molecular weight is 256 g/mol. The number of hydrogen-bond donors (Lipinski definition) is 1.